The van der Waals surface area contributed by atoms with Crippen LogP contribution in [0.15, 0.2) is 0 Å². The number of ether oxygens (including phenoxy) is 2. The van der Waals surface area contributed by atoms with Gasteiger partial charge in [0.05, 0.1) is 25.9 Å². The van der Waals surface area contributed by atoms with Crippen molar-refractivity contribution in [3.05, 3.63) is 0 Å². The predicted molar refractivity (Wildman–Crippen MR) is 65.1 cm³/mol. The number of carbonyl (C=O) groups is 1. The minimum Gasteiger partial charge on any atom is -0.481 e. The highest BCUT2D eigenvalue weighted by Gasteiger charge is 2.20. The normalized spacial score (nSPS) is 22.3. The summed E-state index contributed by atoms with van der Waals surface area (Å²) in [4.78, 5) is 10.3. The van der Waals surface area contributed by atoms with E-state index < -0.39 is 5.97 Å². The van der Waals surface area contributed by atoms with Gasteiger partial charge in [-0.1, -0.05) is 26.2 Å². The summed E-state index contributed by atoms with van der Waals surface area (Å²) in [5.41, 5.74) is 0. The largest absolute Gasteiger partial charge is 0.481 e. The first-order valence-electron chi connectivity index (χ1n) is 6.61. The molecule has 2 unspecified atom stereocenters. The van der Waals surface area contributed by atoms with Crippen LogP contribution in [0.1, 0.15) is 45.4 Å². The van der Waals surface area contributed by atoms with Gasteiger partial charge in [-0.05, 0) is 18.8 Å². The smallest absolute Gasteiger partial charge is 0.303 e. The number of hydrogen-bond donors (Lipinski definition) is 1. The van der Waals surface area contributed by atoms with E-state index in [1.807, 2.05) is 0 Å². The number of carboxylic acids is 1. The van der Waals surface area contributed by atoms with Crippen LogP contribution in [0.3, 0.4) is 0 Å². The van der Waals surface area contributed by atoms with Gasteiger partial charge in [0, 0.05) is 6.42 Å². The van der Waals surface area contributed by atoms with Gasteiger partial charge in [0.2, 0.25) is 0 Å². The van der Waals surface area contributed by atoms with Crippen molar-refractivity contribution in [3.63, 3.8) is 0 Å². The van der Waals surface area contributed by atoms with Gasteiger partial charge in [-0.2, -0.15) is 0 Å². The zero-order valence-electron chi connectivity index (χ0n) is 10.7. The highest BCUT2D eigenvalue weighted by atomic mass is 16.6. The van der Waals surface area contributed by atoms with Crippen LogP contribution in [0.2, 0.25) is 0 Å². The van der Waals surface area contributed by atoms with E-state index in [0.717, 1.165) is 45.3 Å². The van der Waals surface area contributed by atoms with Crippen molar-refractivity contribution in [1.82, 2.24) is 0 Å². The minimum absolute atomic E-state index is 0.253. The molecule has 0 amide bonds. The van der Waals surface area contributed by atoms with E-state index in [1.165, 1.54) is 0 Å². The number of carboxylic acid groups (broad SMARTS) is 1. The predicted octanol–water partition coefficient (Wildman–Crippen LogP) is 2.46. The molecule has 1 N–H and O–H groups in total. The zero-order valence-corrected chi connectivity index (χ0v) is 10.7. The van der Waals surface area contributed by atoms with Gasteiger partial charge < -0.3 is 14.6 Å². The number of aliphatic carboxylic acids is 1. The van der Waals surface area contributed by atoms with Gasteiger partial charge in [-0.25, -0.2) is 0 Å². The lowest BCUT2D eigenvalue weighted by Gasteiger charge is -2.28. The lowest BCUT2D eigenvalue weighted by atomic mass is 9.97. The Bertz CT molecular complexity index is 211. The third-order valence-corrected chi connectivity index (χ3v) is 3.28. The first kappa shape index (κ1) is 14.5. The first-order chi connectivity index (χ1) is 8.20. The van der Waals surface area contributed by atoms with Crippen molar-refractivity contribution in [3.8, 4) is 0 Å². The van der Waals surface area contributed by atoms with Crippen LogP contribution in [-0.4, -0.2) is 37.0 Å². The molecular weight excluding hydrogens is 220 g/mol. The molecule has 0 aromatic rings. The Hall–Kier alpha value is -0.610. The van der Waals surface area contributed by atoms with E-state index in [4.69, 9.17) is 14.6 Å². The Morgan fingerprint density at radius 3 is 2.71 bits per heavy atom. The summed E-state index contributed by atoms with van der Waals surface area (Å²) >= 11 is 0. The highest BCUT2D eigenvalue weighted by Crippen LogP contribution is 2.19. The molecule has 0 spiro atoms. The second-order valence-electron chi connectivity index (χ2n) is 4.81. The lowest BCUT2D eigenvalue weighted by molar-refractivity contribution is -0.137. The highest BCUT2D eigenvalue weighted by molar-refractivity contribution is 5.66. The first-order valence-corrected chi connectivity index (χ1v) is 6.61. The number of hydrogen-bond acceptors (Lipinski definition) is 3. The van der Waals surface area contributed by atoms with Crippen LogP contribution in [0.25, 0.3) is 0 Å². The fourth-order valence-electron chi connectivity index (χ4n) is 2.12. The van der Waals surface area contributed by atoms with E-state index in [2.05, 4.69) is 6.92 Å². The molecule has 1 fully saturated rings. The van der Waals surface area contributed by atoms with Gasteiger partial charge in [-0.15, -0.1) is 0 Å². The van der Waals surface area contributed by atoms with Gasteiger partial charge in [0.1, 0.15) is 0 Å². The van der Waals surface area contributed by atoms with E-state index in [1.54, 1.807) is 0 Å². The Balaban J connectivity index is 1.96. The number of unbranched alkanes of at least 4 members (excludes halogenated alkanes) is 3. The van der Waals surface area contributed by atoms with Crippen LogP contribution in [0.5, 0.6) is 0 Å². The van der Waals surface area contributed by atoms with Crippen LogP contribution < -0.4 is 0 Å². The SMILES string of the molecule is CC(CCCCCCC(=O)O)C1COCCO1. The zero-order chi connectivity index (χ0) is 12.5. The molecule has 0 aliphatic carbocycles. The van der Waals surface area contributed by atoms with E-state index in [0.29, 0.717) is 18.9 Å². The molecule has 4 heteroatoms. The Labute approximate surface area is 103 Å². The quantitative estimate of drug-likeness (QED) is 0.666. The Kier molecular flexibility index (Phi) is 7.21. The summed E-state index contributed by atoms with van der Waals surface area (Å²) < 4.78 is 11.0. The van der Waals surface area contributed by atoms with Gasteiger partial charge >= 0.3 is 5.97 Å². The van der Waals surface area contributed by atoms with Crippen molar-refractivity contribution in [2.24, 2.45) is 5.92 Å². The van der Waals surface area contributed by atoms with Crippen molar-refractivity contribution in [1.29, 1.82) is 0 Å². The molecule has 2 atom stereocenters. The average Bonchev–Trinajstić information content (AvgIpc) is 2.34. The third kappa shape index (κ3) is 6.64. The summed E-state index contributed by atoms with van der Waals surface area (Å²) in [7, 11) is 0. The summed E-state index contributed by atoms with van der Waals surface area (Å²) in [5, 5.41) is 8.50. The molecule has 0 saturated carbocycles. The van der Waals surface area contributed by atoms with Gasteiger partial charge in [0.15, 0.2) is 0 Å². The van der Waals surface area contributed by atoms with Gasteiger partial charge in [0.25, 0.3) is 0 Å². The van der Waals surface area contributed by atoms with Crippen LogP contribution in [0, 0.1) is 5.92 Å². The lowest BCUT2D eigenvalue weighted by Crippen LogP contribution is -2.33. The molecule has 1 aliphatic heterocycles. The standard InChI is InChI=1S/C13H24O4/c1-11(12-10-16-8-9-17-12)6-4-2-3-5-7-13(14)15/h11-12H,2-10H2,1H3,(H,14,15). The maximum Gasteiger partial charge on any atom is 0.303 e. The van der Waals surface area contributed by atoms with Crippen molar-refractivity contribution in [2.75, 3.05) is 19.8 Å². The third-order valence-electron chi connectivity index (χ3n) is 3.28. The molecule has 4 nitrogen and oxygen atoms in total. The Morgan fingerprint density at radius 2 is 2.06 bits per heavy atom. The average molecular weight is 244 g/mol. The van der Waals surface area contributed by atoms with E-state index in [-0.39, 0.29) is 6.10 Å². The molecule has 0 aromatic carbocycles. The molecule has 0 radical (unpaired) electrons. The van der Waals surface area contributed by atoms with Crippen LogP contribution in [0.4, 0.5) is 0 Å². The molecule has 0 bridgehead atoms. The van der Waals surface area contributed by atoms with E-state index in [9.17, 15) is 4.79 Å². The van der Waals surface area contributed by atoms with Crippen molar-refractivity contribution < 1.29 is 19.4 Å². The summed E-state index contributed by atoms with van der Waals surface area (Å²) in [5.74, 6) is -0.152. The Morgan fingerprint density at radius 1 is 1.29 bits per heavy atom. The molecule has 1 heterocycles. The molecule has 100 valence electrons. The fraction of sp³-hybridized carbons (Fsp3) is 0.923. The summed E-state index contributed by atoms with van der Waals surface area (Å²) in [6.45, 7) is 4.36. The van der Waals surface area contributed by atoms with Crippen molar-refractivity contribution >= 4 is 5.97 Å². The monoisotopic (exact) mass is 244 g/mol. The molecule has 0 aromatic heterocycles. The summed E-state index contributed by atoms with van der Waals surface area (Å²) in [6, 6.07) is 0. The second-order valence-corrected chi connectivity index (χ2v) is 4.81. The molecule has 17 heavy (non-hydrogen) atoms. The topological polar surface area (TPSA) is 55.8 Å². The molecular formula is C13H24O4. The van der Waals surface area contributed by atoms with Crippen LogP contribution in [-0.2, 0) is 14.3 Å². The molecule has 1 rings (SSSR count). The molecule has 1 saturated heterocycles. The van der Waals surface area contributed by atoms with E-state index >= 15 is 0 Å². The number of rotatable bonds is 8. The van der Waals surface area contributed by atoms with Crippen LogP contribution >= 0.6 is 0 Å². The fourth-order valence-corrected chi connectivity index (χ4v) is 2.12. The summed E-state index contributed by atoms with van der Waals surface area (Å²) in [6.07, 6.45) is 5.78. The second kappa shape index (κ2) is 8.48. The van der Waals surface area contributed by atoms with Gasteiger partial charge in [-0.3, -0.25) is 4.79 Å². The molecule has 1 aliphatic rings. The van der Waals surface area contributed by atoms with Crippen molar-refractivity contribution in [2.45, 2.75) is 51.6 Å². The maximum absolute atomic E-state index is 10.3. The maximum atomic E-state index is 10.3. The minimum atomic E-state index is -0.689.